The Hall–Kier alpha value is -2.45. The molecule has 138 valence electrons. The minimum absolute atomic E-state index is 0.0382. The summed E-state index contributed by atoms with van der Waals surface area (Å²) in [5, 5.41) is 2.81. The first-order valence-electron chi connectivity index (χ1n) is 8.37. The molecular weight excluding hydrogens is 354 g/mol. The van der Waals surface area contributed by atoms with Crippen molar-refractivity contribution < 1.29 is 17.9 Å². The van der Waals surface area contributed by atoms with E-state index in [9.17, 15) is 13.2 Å². The Morgan fingerprint density at radius 2 is 2.08 bits per heavy atom. The average Bonchev–Trinajstić information content (AvgIpc) is 3.20. The van der Waals surface area contributed by atoms with E-state index in [-0.39, 0.29) is 16.9 Å². The van der Waals surface area contributed by atoms with E-state index in [2.05, 4.69) is 10.3 Å². The van der Waals surface area contributed by atoms with Gasteiger partial charge < -0.3 is 10.1 Å². The third kappa shape index (κ3) is 4.03. The van der Waals surface area contributed by atoms with Gasteiger partial charge in [0.2, 0.25) is 0 Å². The summed E-state index contributed by atoms with van der Waals surface area (Å²) in [7, 11) is -2.28. The molecule has 1 aromatic carbocycles. The number of benzene rings is 1. The number of hydrogen-bond donors (Lipinski definition) is 1. The predicted molar refractivity (Wildman–Crippen MR) is 97.6 cm³/mol. The third-order valence-corrected chi connectivity index (χ3v) is 6.07. The van der Waals surface area contributed by atoms with Crippen molar-refractivity contribution >= 4 is 21.6 Å². The second-order valence-electron chi connectivity index (χ2n) is 6.06. The monoisotopic (exact) mass is 375 g/mol. The molecule has 2 aromatic rings. The van der Waals surface area contributed by atoms with Crippen molar-refractivity contribution in [3.05, 3.63) is 54.4 Å². The van der Waals surface area contributed by atoms with Crippen LogP contribution in [0.15, 0.2) is 53.7 Å². The van der Waals surface area contributed by atoms with Gasteiger partial charge in [-0.1, -0.05) is 18.2 Å². The molecule has 1 N–H and O–H groups in total. The highest BCUT2D eigenvalue weighted by Gasteiger charge is 2.22. The van der Waals surface area contributed by atoms with E-state index in [0.29, 0.717) is 17.8 Å². The van der Waals surface area contributed by atoms with Crippen LogP contribution in [0.4, 0.5) is 5.69 Å². The molecule has 0 saturated carbocycles. The van der Waals surface area contributed by atoms with Crippen LogP contribution in [0.25, 0.3) is 0 Å². The summed E-state index contributed by atoms with van der Waals surface area (Å²) in [6.07, 6.45) is 4.79. The average molecular weight is 375 g/mol. The van der Waals surface area contributed by atoms with E-state index in [1.807, 2.05) is 0 Å². The standard InChI is InChI=1S/C18H21N3O4S/c1-21(26(23,24)17-7-3-2-4-8-17)15-10-14(11-19-12-15)18(22)20-13-16-6-5-9-25-16/h2-4,7-8,10-12,16H,5-6,9,13H2,1H3,(H,20,22)/t16-/m1/s1. The van der Waals surface area contributed by atoms with Crippen LogP contribution in [-0.2, 0) is 14.8 Å². The molecule has 0 radical (unpaired) electrons. The first kappa shape index (κ1) is 18.3. The van der Waals surface area contributed by atoms with Crippen LogP contribution in [0.3, 0.4) is 0 Å². The molecule has 1 amide bonds. The van der Waals surface area contributed by atoms with Crippen molar-refractivity contribution in [2.24, 2.45) is 0 Å². The normalized spacial score (nSPS) is 17.0. The van der Waals surface area contributed by atoms with E-state index >= 15 is 0 Å². The maximum atomic E-state index is 12.7. The van der Waals surface area contributed by atoms with Gasteiger partial charge in [-0.25, -0.2) is 8.42 Å². The van der Waals surface area contributed by atoms with Crippen LogP contribution in [0.2, 0.25) is 0 Å². The molecule has 1 fully saturated rings. The molecule has 26 heavy (non-hydrogen) atoms. The summed E-state index contributed by atoms with van der Waals surface area (Å²) in [6, 6.07) is 9.63. The highest BCUT2D eigenvalue weighted by Crippen LogP contribution is 2.22. The fourth-order valence-corrected chi connectivity index (χ4v) is 3.92. The molecule has 0 bridgehead atoms. The van der Waals surface area contributed by atoms with Gasteiger partial charge in [-0.05, 0) is 31.0 Å². The zero-order chi connectivity index (χ0) is 18.6. The van der Waals surface area contributed by atoms with Crippen LogP contribution in [0.5, 0.6) is 0 Å². The van der Waals surface area contributed by atoms with Gasteiger partial charge in [-0.2, -0.15) is 0 Å². The number of rotatable bonds is 6. The number of anilines is 1. The number of nitrogens with zero attached hydrogens (tertiary/aromatic N) is 2. The van der Waals surface area contributed by atoms with E-state index < -0.39 is 10.0 Å². The smallest absolute Gasteiger partial charge is 0.264 e. The maximum Gasteiger partial charge on any atom is 0.264 e. The number of carbonyl (C=O) groups is 1. The SMILES string of the molecule is CN(c1cncc(C(=O)NC[C@H]2CCCO2)c1)S(=O)(=O)c1ccccc1. The number of amides is 1. The lowest BCUT2D eigenvalue weighted by Crippen LogP contribution is -2.32. The topological polar surface area (TPSA) is 88.6 Å². The molecule has 1 atom stereocenters. The Bertz CT molecular complexity index is 865. The molecule has 1 aromatic heterocycles. The van der Waals surface area contributed by atoms with Crippen molar-refractivity contribution in [3.8, 4) is 0 Å². The molecule has 2 heterocycles. The lowest BCUT2D eigenvalue weighted by atomic mass is 10.2. The van der Waals surface area contributed by atoms with Gasteiger partial charge >= 0.3 is 0 Å². The van der Waals surface area contributed by atoms with Crippen molar-refractivity contribution in [2.45, 2.75) is 23.8 Å². The highest BCUT2D eigenvalue weighted by molar-refractivity contribution is 7.92. The molecule has 7 nitrogen and oxygen atoms in total. The van der Waals surface area contributed by atoms with Gasteiger partial charge in [0.15, 0.2) is 0 Å². The van der Waals surface area contributed by atoms with Crippen molar-refractivity contribution in [1.82, 2.24) is 10.3 Å². The van der Waals surface area contributed by atoms with E-state index in [0.717, 1.165) is 23.8 Å². The molecule has 1 saturated heterocycles. The number of nitrogens with one attached hydrogen (secondary N) is 1. The minimum Gasteiger partial charge on any atom is -0.376 e. The van der Waals surface area contributed by atoms with Crippen LogP contribution >= 0.6 is 0 Å². The zero-order valence-electron chi connectivity index (χ0n) is 14.5. The van der Waals surface area contributed by atoms with Crippen LogP contribution in [0, 0.1) is 0 Å². The Kier molecular flexibility index (Phi) is 5.53. The minimum atomic E-state index is -3.72. The summed E-state index contributed by atoms with van der Waals surface area (Å²) >= 11 is 0. The van der Waals surface area contributed by atoms with Gasteiger partial charge in [0, 0.05) is 26.4 Å². The van der Waals surface area contributed by atoms with E-state index in [1.54, 1.807) is 18.2 Å². The van der Waals surface area contributed by atoms with Gasteiger partial charge in [0.25, 0.3) is 15.9 Å². The summed E-state index contributed by atoms with van der Waals surface area (Å²) in [4.78, 5) is 16.5. The van der Waals surface area contributed by atoms with Crippen molar-refractivity contribution in [2.75, 3.05) is 24.5 Å². The number of pyridine rings is 1. The fraction of sp³-hybridized carbons (Fsp3) is 0.333. The predicted octanol–water partition coefficient (Wildman–Crippen LogP) is 1.82. The zero-order valence-corrected chi connectivity index (χ0v) is 15.3. The lowest BCUT2D eigenvalue weighted by molar-refractivity contribution is 0.0857. The molecule has 0 unspecified atom stereocenters. The Balaban J connectivity index is 1.74. The largest absolute Gasteiger partial charge is 0.376 e. The molecule has 1 aliphatic rings. The number of carbonyl (C=O) groups excluding carboxylic acids is 1. The number of sulfonamides is 1. The van der Waals surface area contributed by atoms with E-state index in [4.69, 9.17) is 4.74 Å². The maximum absolute atomic E-state index is 12.7. The quantitative estimate of drug-likeness (QED) is 0.832. The number of hydrogen-bond acceptors (Lipinski definition) is 5. The molecular formula is C18H21N3O4S. The lowest BCUT2D eigenvalue weighted by Gasteiger charge is -2.19. The van der Waals surface area contributed by atoms with Crippen LogP contribution < -0.4 is 9.62 Å². The van der Waals surface area contributed by atoms with Gasteiger partial charge in [-0.15, -0.1) is 0 Å². The highest BCUT2D eigenvalue weighted by atomic mass is 32.2. The summed E-state index contributed by atoms with van der Waals surface area (Å²) < 4.78 is 32.0. The first-order valence-corrected chi connectivity index (χ1v) is 9.81. The molecule has 8 heteroatoms. The Morgan fingerprint density at radius 3 is 2.77 bits per heavy atom. The molecule has 0 spiro atoms. The fourth-order valence-electron chi connectivity index (χ4n) is 2.73. The second kappa shape index (κ2) is 7.84. The van der Waals surface area contributed by atoms with Crippen molar-refractivity contribution in [3.63, 3.8) is 0 Å². The van der Waals surface area contributed by atoms with E-state index in [1.165, 1.54) is 37.6 Å². The van der Waals surface area contributed by atoms with Gasteiger partial charge in [0.05, 0.1) is 28.4 Å². The summed E-state index contributed by atoms with van der Waals surface area (Å²) in [6.45, 7) is 1.15. The number of aromatic nitrogens is 1. The van der Waals surface area contributed by atoms with Crippen LogP contribution in [-0.4, -0.2) is 45.6 Å². The molecule has 0 aliphatic carbocycles. The summed E-state index contributed by atoms with van der Waals surface area (Å²) in [5.74, 6) is -0.305. The molecule has 1 aliphatic heterocycles. The molecule has 3 rings (SSSR count). The summed E-state index contributed by atoms with van der Waals surface area (Å²) in [5.41, 5.74) is 0.620. The first-order chi connectivity index (χ1) is 12.5. The van der Waals surface area contributed by atoms with Gasteiger partial charge in [-0.3, -0.25) is 14.1 Å². The van der Waals surface area contributed by atoms with Crippen LogP contribution in [0.1, 0.15) is 23.2 Å². The van der Waals surface area contributed by atoms with Crippen molar-refractivity contribution in [1.29, 1.82) is 0 Å². The Labute approximate surface area is 153 Å². The second-order valence-corrected chi connectivity index (χ2v) is 8.03. The third-order valence-electron chi connectivity index (χ3n) is 4.27. The van der Waals surface area contributed by atoms with Gasteiger partial charge in [0.1, 0.15) is 0 Å². The number of ether oxygens (including phenoxy) is 1. The Morgan fingerprint density at radius 1 is 1.31 bits per heavy atom.